The molecule has 4 heteroatoms. The third-order valence-electron chi connectivity index (χ3n) is 4.33. The topological polar surface area (TPSA) is 36.3 Å². The van der Waals surface area contributed by atoms with Crippen LogP contribution in [0, 0.1) is 11.3 Å². The van der Waals surface area contributed by atoms with E-state index in [1.54, 1.807) is 11.3 Å². The highest BCUT2D eigenvalue weighted by Gasteiger charge is 2.17. The second-order valence-electron chi connectivity index (χ2n) is 5.99. The number of piperidine rings is 1. The first kappa shape index (κ1) is 16.0. The molecule has 0 aliphatic carbocycles. The van der Waals surface area contributed by atoms with E-state index >= 15 is 0 Å². The van der Waals surface area contributed by atoms with Crippen molar-refractivity contribution in [2.24, 2.45) is 0 Å². The highest BCUT2D eigenvalue weighted by Crippen LogP contribution is 2.27. The largest absolute Gasteiger partial charge is 0.486 e. The van der Waals surface area contributed by atoms with E-state index in [1.807, 2.05) is 24.3 Å². The molecule has 1 unspecified atom stereocenters. The molecule has 23 heavy (non-hydrogen) atoms. The smallest absolute Gasteiger partial charge is 0.126 e. The average molecular weight is 326 g/mol. The molecule has 1 aromatic carbocycles. The van der Waals surface area contributed by atoms with E-state index in [2.05, 4.69) is 27.8 Å². The maximum Gasteiger partial charge on any atom is 0.126 e. The van der Waals surface area contributed by atoms with Crippen LogP contribution in [0.1, 0.15) is 42.9 Å². The zero-order chi connectivity index (χ0) is 15.9. The highest BCUT2D eigenvalue weighted by atomic mass is 32.1. The molecule has 2 aromatic rings. The number of ether oxygens (including phenoxy) is 1. The molecule has 3 nitrogen and oxygen atoms in total. The molecule has 120 valence electrons. The van der Waals surface area contributed by atoms with Gasteiger partial charge in [-0.2, -0.15) is 16.6 Å². The Morgan fingerprint density at radius 3 is 2.57 bits per heavy atom. The van der Waals surface area contributed by atoms with Crippen LogP contribution in [0.3, 0.4) is 0 Å². The van der Waals surface area contributed by atoms with Gasteiger partial charge in [0.25, 0.3) is 0 Å². The normalized spacial score (nSPS) is 16.7. The van der Waals surface area contributed by atoms with Gasteiger partial charge in [-0.05, 0) is 67.0 Å². The van der Waals surface area contributed by atoms with Crippen LogP contribution in [0.5, 0.6) is 5.75 Å². The fourth-order valence-electron chi connectivity index (χ4n) is 3.01. The Balaban J connectivity index is 1.64. The number of hydrogen-bond donors (Lipinski definition) is 0. The minimum atomic E-state index is 0.0797. The van der Waals surface area contributed by atoms with Gasteiger partial charge in [0.05, 0.1) is 11.6 Å². The second kappa shape index (κ2) is 8.14. The minimum Gasteiger partial charge on any atom is -0.486 e. The van der Waals surface area contributed by atoms with Gasteiger partial charge in [0.1, 0.15) is 11.9 Å². The predicted octanol–water partition coefficient (Wildman–Crippen LogP) is 4.62. The van der Waals surface area contributed by atoms with Gasteiger partial charge >= 0.3 is 0 Å². The summed E-state index contributed by atoms with van der Waals surface area (Å²) in [6, 6.07) is 11.7. The van der Waals surface area contributed by atoms with E-state index in [1.165, 1.54) is 37.9 Å². The third kappa shape index (κ3) is 4.57. The zero-order valence-corrected chi connectivity index (χ0v) is 14.1. The highest BCUT2D eigenvalue weighted by molar-refractivity contribution is 7.07. The number of hydrogen-bond acceptors (Lipinski definition) is 4. The molecule has 0 amide bonds. The van der Waals surface area contributed by atoms with Crippen LogP contribution in [-0.2, 0) is 0 Å². The van der Waals surface area contributed by atoms with Crippen molar-refractivity contribution in [3.63, 3.8) is 0 Å². The summed E-state index contributed by atoms with van der Waals surface area (Å²) in [6.45, 7) is 3.51. The van der Waals surface area contributed by atoms with Crippen molar-refractivity contribution >= 4 is 11.3 Å². The van der Waals surface area contributed by atoms with Gasteiger partial charge in [0.15, 0.2) is 0 Å². The summed E-state index contributed by atoms with van der Waals surface area (Å²) in [7, 11) is 0. The van der Waals surface area contributed by atoms with Gasteiger partial charge in [0.2, 0.25) is 0 Å². The van der Waals surface area contributed by atoms with Gasteiger partial charge in [0, 0.05) is 18.5 Å². The zero-order valence-electron chi connectivity index (χ0n) is 13.3. The minimum absolute atomic E-state index is 0.0797. The lowest BCUT2D eigenvalue weighted by atomic mass is 10.1. The number of nitriles is 1. The number of likely N-dealkylation sites (tertiary alicyclic amines) is 1. The summed E-state index contributed by atoms with van der Waals surface area (Å²) < 4.78 is 6.22. The molecule has 1 aliphatic heterocycles. The van der Waals surface area contributed by atoms with Crippen LogP contribution >= 0.6 is 11.3 Å². The van der Waals surface area contributed by atoms with Crippen LogP contribution in [0.2, 0.25) is 0 Å². The van der Waals surface area contributed by atoms with Crippen molar-refractivity contribution in [2.75, 3.05) is 19.6 Å². The maximum atomic E-state index is 8.89. The second-order valence-corrected chi connectivity index (χ2v) is 6.77. The molecule has 1 atom stereocenters. The Hall–Kier alpha value is -1.83. The fourth-order valence-corrected chi connectivity index (χ4v) is 3.71. The SMILES string of the molecule is N#Cc1ccc(OC(CCN2CCCCC2)c2ccsc2)cc1. The molecule has 1 aliphatic rings. The molecule has 0 N–H and O–H groups in total. The van der Waals surface area contributed by atoms with E-state index in [0.29, 0.717) is 5.56 Å². The average Bonchev–Trinajstić information content (AvgIpc) is 3.14. The van der Waals surface area contributed by atoms with Crippen LogP contribution < -0.4 is 4.74 Å². The Bertz CT molecular complexity index is 624. The standard InChI is InChI=1S/C19H22N2OS/c20-14-16-4-6-18(7-5-16)22-19(17-9-13-23-15-17)8-12-21-10-2-1-3-11-21/h4-7,9,13,15,19H,1-3,8,10-12H2. The van der Waals surface area contributed by atoms with E-state index in [9.17, 15) is 0 Å². The van der Waals surface area contributed by atoms with Crippen molar-refractivity contribution in [1.29, 1.82) is 5.26 Å². The van der Waals surface area contributed by atoms with Crippen molar-refractivity contribution in [3.8, 4) is 11.8 Å². The number of thiophene rings is 1. The molecule has 3 rings (SSSR count). The summed E-state index contributed by atoms with van der Waals surface area (Å²) >= 11 is 1.71. The van der Waals surface area contributed by atoms with Crippen LogP contribution in [-0.4, -0.2) is 24.5 Å². The summed E-state index contributed by atoms with van der Waals surface area (Å²) in [4.78, 5) is 2.55. The molecule has 1 saturated heterocycles. The van der Waals surface area contributed by atoms with E-state index < -0.39 is 0 Å². The van der Waals surface area contributed by atoms with Crippen LogP contribution in [0.15, 0.2) is 41.1 Å². The fraction of sp³-hybridized carbons (Fsp3) is 0.421. The molecule has 1 aromatic heterocycles. The molecule has 1 fully saturated rings. The number of rotatable bonds is 6. The molecule has 0 spiro atoms. The van der Waals surface area contributed by atoms with Crippen LogP contribution in [0.4, 0.5) is 0 Å². The molecular weight excluding hydrogens is 304 g/mol. The summed E-state index contributed by atoms with van der Waals surface area (Å²) in [6.07, 6.45) is 5.08. The van der Waals surface area contributed by atoms with Gasteiger partial charge in [-0.1, -0.05) is 6.42 Å². The first-order valence-corrected chi connectivity index (χ1v) is 9.21. The summed E-state index contributed by atoms with van der Waals surface area (Å²) in [5.41, 5.74) is 1.91. The lowest BCUT2D eigenvalue weighted by Gasteiger charge is -2.28. The molecule has 0 radical (unpaired) electrons. The first-order chi connectivity index (χ1) is 11.3. The summed E-state index contributed by atoms with van der Waals surface area (Å²) in [5.74, 6) is 0.832. The Kier molecular flexibility index (Phi) is 5.68. The lowest BCUT2D eigenvalue weighted by molar-refractivity contribution is 0.153. The molecule has 0 bridgehead atoms. The molecule has 2 heterocycles. The van der Waals surface area contributed by atoms with Gasteiger partial charge in [-0.25, -0.2) is 0 Å². The van der Waals surface area contributed by atoms with Gasteiger partial charge in [-0.15, -0.1) is 0 Å². The quantitative estimate of drug-likeness (QED) is 0.777. The number of nitrogens with zero attached hydrogens (tertiary/aromatic N) is 2. The monoisotopic (exact) mass is 326 g/mol. The van der Waals surface area contributed by atoms with E-state index in [-0.39, 0.29) is 6.10 Å². The maximum absolute atomic E-state index is 8.89. The lowest BCUT2D eigenvalue weighted by Crippen LogP contribution is -2.31. The van der Waals surface area contributed by atoms with E-state index in [4.69, 9.17) is 10.00 Å². The van der Waals surface area contributed by atoms with Crippen molar-refractivity contribution in [1.82, 2.24) is 4.90 Å². The first-order valence-electron chi connectivity index (χ1n) is 8.26. The molecular formula is C19H22N2OS. The van der Waals surface area contributed by atoms with E-state index in [0.717, 1.165) is 18.7 Å². The third-order valence-corrected chi connectivity index (χ3v) is 5.03. The Labute approximate surface area is 142 Å². The summed E-state index contributed by atoms with van der Waals surface area (Å²) in [5, 5.41) is 13.2. The molecule has 0 saturated carbocycles. The van der Waals surface area contributed by atoms with Gasteiger partial charge in [-0.3, -0.25) is 0 Å². The Morgan fingerprint density at radius 1 is 1.13 bits per heavy atom. The van der Waals surface area contributed by atoms with Crippen molar-refractivity contribution in [3.05, 3.63) is 52.2 Å². The Morgan fingerprint density at radius 2 is 1.91 bits per heavy atom. The predicted molar refractivity (Wildman–Crippen MR) is 93.8 cm³/mol. The van der Waals surface area contributed by atoms with Crippen molar-refractivity contribution < 1.29 is 4.74 Å². The van der Waals surface area contributed by atoms with Crippen LogP contribution in [0.25, 0.3) is 0 Å². The van der Waals surface area contributed by atoms with Crippen molar-refractivity contribution in [2.45, 2.75) is 31.8 Å². The van der Waals surface area contributed by atoms with Gasteiger partial charge < -0.3 is 9.64 Å². The number of benzene rings is 1.